The minimum atomic E-state index is -2.08. The molecule has 0 spiro atoms. The summed E-state index contributed by atoms with van der Waals surface area (Å²) < 4.78 is 30.4. The van der Waals surface area contributed by atoms with Crippen LogP contribution in [0.1, 0.15) is 105 Å². The number of ether oxygens (including phenoxy) is 4. The summed E-state index contributed by atoms with van der Waals surface area (Å²) in [6.45, 7) is 26.9. The molecule has 21 nitrogen and oxygen atoms in total. The minimum absolute atomic E-state index is 0.00679. The molecule has 21 heteroatoms. The molecule has 4 aliphatic heterocycles. The molecule has 11 atom stereocenters. The van der Waals surface area contributed by atoms with Crippen LogP contribution in [-0.4, -0.2) is 167 Å². The lowest BCUT2D eigenvalue weighted by atomic mass is 9.78. The van der Waals surface area contributed by atoms with E-state index in [0.717, 1.165) is 45.6 Å². The van der Waals surface area contributed by atoms with Crippen molar-refractivity contribution in [1.82, 2.24) is 20.5 Å². The van der Waals surface area contributed by atoms with Crippen LogP contribution in [0.3, 0.4) is 0 Å². The van der Waals surface area contributed by atoms with Crippen LogP contribution < -0.4 is 31.0 Å². The quantitative estimate of drug-likeness (QED) is 0.0296. The fourth-order valence-corrected chi connectivity index (χ4v) is 11.0. The van der Waals surface area contributed by atoms with Gasteiger partial charge in [-0.05, 0) is 38.7 Å². The van der Waals surface area contributed by atoms with E-state index in [0.29, 0.717) is 24.7 Å². The average molecular weight is 1150 g/mol. The van der Waals surface area contributed by atoms with Crippen molar-refractivity contribution in [2.45, 2.75) is 138 Å². The summed E-state index contributed by atoms with van der Waals surface area (Å²) in [5, 5.41) is 73.0. The smallest absolute Gasteiger partial charge is 0.312 e. The number of esters is 1. The van der Waals surface area contributed by atoms with E-state index in [9.17, 15) is 39.6 Å². The number of hydrogen-bond acceptors (Lipinski definition) is 20. The fraction of sp³-hybridized carbons (Fsp3) is 0.590. The maximum Gasteiger partial charge on any atom is 0.312 e. The summed E-state index contributed by atoms with van der Waals surface area (Å²) in [7, 11) is 1.44. The summed E-state index contributed by atoms with van der Waals surface area (Å²) in [6.07, 6.45) is 5.37. The van der Waals surface area contributed by atoms with Gasteiger partial charge in [0.15, 0.2) is 11.3 Å². The summed E-state index contributed by atoms with van der Waals surface area (Å²) in [5.74, 6) is -7.31. The highest BCUT2D eigenvalue weighted by Crippen LogP contribution is 2.51. The van der Waals surface area contributed by atoms with Crippen LogP contribution in [0.5, 0.6) is 17.2 Å². The Bertz CT molecular complexity index is 2980. The lowest BCUT2D eigenvalue weighted by Gasteiger charge is -2.38. The molecular formula is C61H88N6O15. The van der Waals surface area contributed by atoms with Crippen LogP contribution in [0.15, 0.2) is 57.5 Å². The maximum absolute atomic E-state index is 14.9. The number of aliphatic hydroxyl groups excluding tert-OH is 4. The number of fused-ring (bicyclic) bond motifs is 2. The molecule has 452 valence electrons. The molecule has 0 radical (unpaired) electrons. The number of nitrogens with one attached hydrogen (secondary N) is 3. The molecule has 1 aliphatic carbocycles. The molecule has 1 fully saturated rings. The van der Waals surface area contributed by atoms with Crippen LogP contribution in [0.2, 0.25) is 0 Å². The zero-order chi connectivity index (χ0) is 60.5. The molecular weight excluding hydrogens is 1060 g/mol. The second-order valence-corrected chi connectivity index (χ2v) is 22.7. The topological polar surface area (TPSA) is 295 Å². The lowest BCUT2D eigenvalue weighted by Crippen LogP contribution is -2.47. The molecule has 4 heterocycles. The van der Waals surface area contributed by atoms with E-state index in [-0.39, 0.29) is 92.5 Å². The average Bonchev–Trinajstić information content (AvgIpc) is 3.67. The normalized spacial score (nSPS) is 27.1. The van der Waals surface area contributed by atoms with Crippen LogP contribution in [0.25, 0.3) is 33.3 Å². The number of piperazine rings is 1. The SMILES string of the molecule is CC[C@@H](CO)NCCN[C@@H](CC)CO.CO[C@H]1/C=C/O[C@@]2(C)Oc3c(C)c(O)c4c(=O)c(c5oc6cc(N7CCN(CC(C)C)CC7)cc(O)c6nc-5c4c3C2=O)NC(=O)/C(C)=C\C=C\[C@H](C)[C@H](O)[C@@H](C)[C@@H](O)[C@@H](C)[C@H](OC(C)=O)[C@@H]1C. The second-order valence-electron chi connectivity index (χ2n) is 22.7. The Morgan fingerprint density at radius 3 is 2.11 bits per heavy atom. The number of aliphatic hydroxyl groups is 4. The van der Waals surface area contributed by atoms with Crippen molar-refractivity contribution in [2.24, 2.45) is 29.6 Å². The number of hydrogen-bond donors (Lipinski definition) is 9. The monoisotopic (exact) mass is 1140 g/mol. The van der Waals surface area contributed by atoms with Gasteiger partial charge in [0.1, 0.15) is 40.3 Å². The number of amides is 1. The summed E-state index contributed by atoms with van der Waals surface area (Å²) in [6, 6.07) is 3.68. The standard InChI is InChI=1S/C51H64N4O13.C10H24N2O2/c1-24(2)23-54-16-18-55(19-17-54)32-21-33(57)39-35(22-32)67-48-40(52-39)36-37-44(60)30(8)47-38(36)49(62)51(10,68-47)65-20-15-34(64-11)27(5)46(66-31(9)56)29(7)43(59)28(6)42(58)25(3)13-12-14-26(4)50(63)53-41(48)45(37)61;1-3-9(7-13)11-5-6-12-10(4-2)8-14/h12-15,20-22,24-25,27-29,34,42-43,46,57-60H,16-19,23H2,1-11H3,(H,53,63);9-14H,3-8H2,1-2H3/b13-12+,20-15+,26-14-;/t25-,27+,28+,29+,34-,42-,43+,46+,51-;9-,10-/m00/s1. The van der Waals surface area contributed by atoms with Crippen molar-refractivity contribution in [2.75, 3.05) is 76.4 Å². The summed E-state index contributed by atoms with van der Waals surface area (Å²) >= 11 is 0. The maximum atomic E-state index is 14.9. The number of ketones is 1. The molecule has 7 rings (SSSR count). The van der Waals surface area contributed by atoms with Gasteiger partial charge in [0.05, 0.1) is 48.7 Å². The van der Waals surface area contributed by atoms with Crippen molar-refractivity contribution < 1.29 is 68.4 Å². The van der Waals surface area contributed by atoms with Gasteiger partial charge in [-0.3, -0.25) is 24.1 Å². The minimum Gasteiger partial charge on any atom is -0.507 e. The molecule has 0 saturated carbocycles. The first kappa shape index (κ1) is 65.0. The van der Waals surface area contributed by atoms with Gasteiger partial charge < -0.3 is 74.9 Å². The largest absolute Gasteiger partial charge is 0.507 e. The van der Waals surface area contributed by atoms with Gasteiger partial charge in [0.25, 0.3) is 11.7 Å². The second kappa shape index (κ2) is 28.4. The van der Waals surface area contributed by atoms with Crippen molar-refractivity contribution in [3.8, 4) is 28.7 Å². The van der Waals surface area contributed by atoms with E-state index in [1.807, 2.05) is 13.8 Å². The van der Waals surface area contributed by atoms with Crippen LogP contribution in [0, 0.1) is 36.5 Å². The van der Waals surface area contributed by atoms with Gasteiger partial charge >= 0.3 is 11.8 Å². The van der Waals surface area contributed by atoms with Crippen LogP contribution in [-0.2, 0) is 23.8 Å². The number of benzene rings is 3. The first-order valence-corrected chi connectivity index (χ1v) is 28.7. The number of aromatic hydroxyl groups is 2. The molecule has 82 heavy (non-hydrogen) atoms. The van der Waals surface area contributed by atoms with E-state index < -0.39 is 82.7 Å². The van der Waals surface area contributed by atoms with Gasteiger partial charge in [-0.1, -0.05) is 73.6 Å². The predicted molar refractivity (Wildman–Crippen MR) is 314 cm³/mol. The molecule has 0 aromatic heterocycles. The number of phenols is 2. The van der Waals surface area contributed by atoms with Gasteiger partial charge in [-0.15, -0.1) is 0 Å². The predicted octanol–water partition coefficient (Wildman–Crippen LogP) is 6.14. The Kier molecular flexibility index (Phi) is 22.5. The molecule has 1 amide bonds. The van der Waals surface area contributed by atoms with E-state index in [1.165, 1.54) is 53.2 Å². The zero-order valence-corrected chi connectivity index (χ0v) is 49.9. The number of aromatic nitrogens is 1. The van der Waals surface area contributed by atoms with E-state index in [2.05, 4.69) is 39.6 Å². The molecule has 2 aromatic carbocycles. The molecule has 1 saturated heterocycles. The number of anilines is 2. The summed E-state index contributed by atoms with van der Waals surface area (Å²) in [4.78, 5) is 65.5. The van der Waals surface area contributed by atoms with Crippen LogP contribution >= 0.6 is 0 Å². The number of carbonyl (C=O) groups excluding carboxylic acids is 3. The van der Waals surface area contributed by atoms with E-state index in [4.69, 9.17) is 38.6 Å². The lowest BCUT2D eigenvalue weighted by molar-refractivity contribution is -0.160. The Morgan fingerprint density at radius 1 is 0.902 bits per heavy atom. The highest BCUT2D eigenvalue weighted by atomic mass is 16.7. The van der Waals surface area contributed by atoms with Gasteiger partial charge in [-0.25, -0.2) is 4.98 Å². The number of rotatable bonds is 14. The number of nitrogens with zero attached hydrogens (tertiary/aromatic N) is 3. The third kappa shape index (κ3) is 14.4. The fourth-order valence-electron chi connectivity index (χ4n) is 11.0. The Labute approximate surface area is 480 Å². The molecule has 5 aliphatic rings. The molecule has 2 aromatic rings. The van der Waals surface area contributed by atoms with Crippen molar-refractivity contribution in [3.63, 3.8) is 0 Å². The van der Waals surface area contributed by atoms with Crippen molar-refractivity contribution >= 4 is 50.9 Å². The third-order valence-electron chi connectivity index (χ3n) is 16.2. The molecule has 9 N–H and O–H groups in total. The number of Topliss-reactive ketones (excluding diaryl/α,β-unsaturated/α-hetero) is 1. The van der Waals surface area contributed by atoms with E-state index in [1.54, 1.807) is 52.0 Å². The highest BCUT2D eigenvalue weighted by molar-refractivity contribution is 6.22. The zero-order valence-electron chi connectivity index (χ0n) is 49.9. The first-order valence-electron chi connectivity index (χ1n) is 28.7. The third-order valence-corrected chi connectivity index (χ3v) is 16.2. The molecule has 0 unspecified atom stereocenters. The van der Waals surface area contributed by atoms with Gasteiger partial charge in [0, 0.05) is 137 Å². The van der Waals surface area contributed by atoms with Crippen molar-refractivity contribution in [3.05, 3.63) is 69.6 Å². The first-order chi connectivity index (χ1) is 38.9. The number of carbonyl (C=O) groups is 3. The van der Waals surface area contributed by atoms with Crippen molar-refractivity contribution in [1.29, 1.82) is 0 Å². The highest BCUT2D eigenvalue weighted by Gasteiger charge is 2.50. The van der Waals surface area contributed by atoms with Crippen LogP contribution in [0.4, 0.5) is 11.4 Å². The molecule has 4 bridgehead atoms. The van der Waals surface area contributed by atoms with E-state index >= 15 is 0 Å². The summed E-state index contributed by atoms with van der Waals surface area (Å²) in [5.41, 5.74) is -0.643. The Morgan fingerprint density at radius 2 is 1.54 bits per heavy atom. The Balaban J connectivity index is 0.000000681. The van der Waals surface area contributed by atoms with Gasteiger partial charge in [-0.2, -0.15) is 0 Å². The number of allylic oxidation sites excluding steroid dienone is 2. The van der Waals surface area contributed by atoms with Gasteiger partial charge in [0.2, 0.25) is 5.43 Å². The Hall–Kier alpha value is -6.17. The number of methoxy groups -OCH3 is 1. The number of phenolic OH excluding ortho intramolecular Hbond substituents is 2.